The first-order valence-electron chi connectivity index (χ1n) is 5.22. The van der Waals surface area contributed by atoms with Crippen LogP contribution in [0.15, 0.2) is 12.1 Å². The number of benzene rings is 1. The molecule has 0 aromatic heterocycles. The Morgan fingerprint density at radius 2 is 1.64 bits per heavy atom. The van der Waals surface area contributed by atoms with Gasteiger partial charge in [0, 0.05) is 5.56 Å². The number of hydrogen-bond acceptors (Lipinski definition) is 2. The van der Waals surface area contributed by atoms with Gasteiger partial charge in [0.25, 0.3) is 0 Å². The second kappa shape index (κ2) is 4.89. The lowest BCUT2D eigenvalue weighted by Gasteiger charge is -2.08. The highest BCUT2D eigenvalue weighted by atomic mass is 16.3. The molecule has 0 saturated heterocycles. The van der Waals surface area contributed by atoms with Crippen LogP contribution in [0.4, 0.5) is 0 Å². The van der Waals surface area contributed by atoms with Gasteiger partial charge in [0.2, 0.25) is 0 Å². The van der Waals surface area contributed by atoms with Gasteiger partial charge in [0.15, 0.2) is 0 Å². The van der Waals surface area contributed by atoms with E-state index in [9.17, 15) is 10.2 Å². The molecule has 14 heavy (non-hydrogen) atoms. The van der Waals surface area contributed by atoms with Crippen LogP contribution < -0.4 is 0 Å². The quantitative estimate of drug-likeness (QED) is 0.773. The van der Waals surface area contributed by atoms with E-state index in [1.165, 1.54) is 0 Å². The molecule has 1 rings (SSSR count). The molecule has 0 aliphatic heterocycles. The van der Waals surface area contributed by atoms with E-state index in [0.717, 1.165) is 24.8 Å². The van der Waals surface area contributed by atoms with Crippen molar-refractivity contribution in [2.45, 2.75) is 39.5 Å². The molecule has 1 aromatic rings. The summed E-state index contributed by atoms with van der Waals surface area (Å²) >= 11 is 0. The van der Waals surface area contributed by atoms with Gasteiger partial charge in [0.1, 0.15) is 11.5 Å². The van der Waals surface area contributed by atoms with Crippen molar-refractivity contribution >= 4 is 0 Å². The smallest absolute Gasteiger partial charge is 0.122 e. The van der Waals surface area contributed by atoms with Crippen LogP contribution in [0.2, 0.25) is 0 Å². The predicted molar refractivity (Wildman–Crippen MR) is 57.8 cm³/mol. The Labute approximate surface area is 85.2 Å². The topological polar surface area (TPSA) is 40.5 Å². The first kappa shape index (κ1) is 10.9. The van der Waals surface area contributed by atoms with E-state index < -0.39 is 0 Å². The molecule has 0 spiro atoms. The van der Waals surface area contributed by atoms with E-state index in [-0.39, 0.29) is 11.5 Å². The zero-order chi connectivity index (χ0) is 10.6. The maximum absolute atomic E-state index is 9.61. The van der Waals surface area contributed by atoms with Crippen LogP contribution in [-0.4, -0.2) is 10.2 Å². The third-order valence-corrected chi connectivity index (χ3v) is 2.44. The summed E-state index contributed by atoms with van der Waals surface area (Å²) in [6, 6.07) is 3.52. The van der Waals surface area contributed by atoms with E-state index in [2.05, 4.69) is 6.92 Å². The minimum Gasteiger partial charge on any atom is -0.508 e. The third-order valence-electron chi connectivity index (χ3n) is 2.44. The molecular weight excluding hydrogens is 176 g/mol. The Hall–Kier alpha value is -1.18. The first-order chi connectivity index (χ1) is 6.69. The number of phenols is 2. The Morgan fingerprint density at radius 3 is 2.07 bits per heavy atom. The normalized spacial score (nSPS) is 10.4. The molecular formula is C12H18O2. The highest BCUT2D eigenvalue weighted by Crippen LogP contribution is 2.29. The average molecular weight is 194 g/mol. The Kier molecular flexibility index (Phi) is 3.81. The highest BCUT2D eigenvalue weighted by molar-refractivity contribution is 5.46. The second-order valence-electron chi connectivity index (χ2n) is 3.57. The van der Waals surface area contributed by atoms with Crippen molar-refractivity contribution < 1.29 is 10.2 Å². The monoisotopic (exact) mass is 194 g/mol. The molecule has 0 saturated carbocycles. The van der Waals surface area contributed by atoms with Gasteiger partial charge in [-0.05, 0) is 37.0 Å². The molecule has 1 aromatic carbocycles. The van der Waals surface area contributed by atoms with Gasteiger partial charge < -0.3 is 10.2 Å². The van der Waals surface area contributed by atoms with Crippen LogP contribution in [0.3, 0.4) is 0 Å². The molecule has 78 valence electrons. The Bertz CT molecular complexity index is 282. The van der Waals surface area contributed by atoms with Gasteiger partial charge in [-0.3, -0.25) is 0 Å². The summed E-state index contributed by atoms with van der Waals surface area (Å²) in [4.78, 5) is 0. The summed E-state index contributed by atoms with van der Waals surface area (Å²) in [5.74, 6) is 0.442. The number of aromatic hydroxyl groups is 2. The Balaban J connectivity index is 2.90. The van der Waals surface area contributed by atoms with Crippen LogP contribution in [-0.2, 0) is 12.8 Å². The summed E-state index contributed by atoms with van der Waals surface area (Å²) in [5.41, 5.74) is 1.66. The molecule has 0 radical (unpaired) electrons. The molecule has 0 atom stereocenters. The van der Waals surface area contributed by atoms with E-state index >= 15 is 0 Å². The predicted octanol–water partition coefficient (Wildman–Crippen LogP) is 3.00. The number of hydrogen-bond donors (Lipinski definition) is 2. The first-order valence-corrected chi connectivity index (χ1v) is 5.22. The number of phenolic OH excluding ortho intramolecular Hbond substituents is 2. The highest BCUT2D eigenvalue weighted by Gasteiger charge is 2.07. The molecule has 0 heterocycles. The summed E-state index contributed by atoms with van der Waals surface area (Å²) in [7, 11) is 0. The van der Waals surface area contributed by atoms with E-state index in [1.807, 2.05) is 6.92 Å². The zero-order valence-corrected chi connectivity index (χ0v) is 8.88. The lowest BCUT2D eigenvalue weighted by molar-refractivity contribution is 0.438. The maximum Gasteiger partial charge on any atom is 0.122 e. The van der Waals surface area contributed by atoms with Crippen molar-refractivity contribution in [3.63, 3.8) is 0 Å². The molecule has 2 N–H and O–H groups in total. The van der Waals surface area contributed by atoms with Crippen molar-refractivity contribution in [1.82, 2.24) is 0 Å². The SMILES string of the molecule is CCCCc1cc(O)c(CC)c(O)c1. The fourth-order valence-corrected chi connectivity index (χ4v) is 1.59. The summed E-state index contributed by atoms with van der Waals surface area (Å²) in [5, 5.41) is 19.2. The largest absolute Gasteiger partial charge is 0.508 e. The fourth-order valence-electron chi connectivity index (χ4n) is 1.59. The van der Waals surface area contributed by atoms with Crippen molar-refractivity contribution in [2.24, 2.45) is 0 Å². The van der Waals surface area contributed by atoms with E-state index in [0.29, 0.717) is 12.0 Å². The fraction of sp³-hybridized carbons (Fsp3) is 0.500. The number of unbranched alkanes of at least 4 members (excludes halogenated alkanes) is 1. The average Bonchev–Trinajstić information content (AvgIpc) is 2.14. The zero-order valence-electron chi connectivity index (χ0n) is 8.88. The van der Waals surface area contributed by atoms with E-state index in [4.69, 9.17) is 0 Å². The van der Waals surface area contributed by atoms with Gasteiger partial charge >= 0.3 is 0 Å². The third kappa shape index (κ3) is 2.41. The van der Waals surface area contributed by atoms with Crippen molar-refractivity contribution in [1.29, 1.82) is 0 Å². The Morgan fingerprint density at radius 1 is 1.07 bits per heavy atom. The minimum atomic E-state index is 0.221. The minimum absolute atomic E-state index is 0.221. The lowest BCUT2D eigenvalue weighted by Crippen LogP contribution is -1.89. The van der Waals surface area contributed by atoms with E-state index in [1.54, 1.807) is 12.1 Å². The van der Waals surface area contributed by atoms with Crippen molar-refractivity contribution in [3.05, 3.63) is 23.3 Å². The summed E-state index contributed by atoms with van der Waals surface area (Å²) in [6.07, 6.45) is 3.79. The maximum atomic E-state index is 9.61. The van der Waals surface area contributed by atoms with Crippen LogP contribution in [0.5, 0.6) is 11.5 Å². The molecule has 0 bridgehead atoms. The van der Waals surface area contributed by atoms with Crippen LogP contribution in [0, 0.1) is 0 Å². The van der Waals surface area contributed by atoms with Gasteiger partial charge in [-0.2, -0.15) is 0 Å². The molecule has 0 fully saturated rings. The van der Waals surface area contributed by atoms with Gasteiger partial charge in [-0.1, -0.05) is 20.3 Å². The number of aryl methyl sites for hydroxylation is 1. The van der Waals surface area contributed by atoms with Crippen LogP contribution in [0.1, 0.15) is 37.8 Å². The molecule has 0 unspecified atom stereocenters. The second-order valence-corrected chi connectivity index (χ2v) is 3.57. The van der Waals surface area contributed by atoms with Crippen LogP contribution >= 0.6 is 0 Å². The van der Waals surface area contributed by atoms with Gasteiger partial charge in [-0.15, -0.1) is 0 Å². The molecule has 0 amide bonds. The standard InChI is InChI=1S/C12H18O2/c1-3-5-6-9-7-11(13)10(4-2)12(14)8-9/h7-8,13-14H,3-6H2,1-2H3. The molecule has 0 aliphatic carbocycles. The van der Waals surface area contributed by atoms with Crippen molar-refractivity contribution in [2.75, 3.05) is 0 Å². The molecule has 2 nitrogen and oxygen atoms in total. The van der Waals surface area contributed by atoms with Gasteiger partial charge in [-0.25, -0.2) is 0 Å². The van der Waals surface area contributed by atoms with Crippen molar-refractivity contribution in [3.8, 4) is 11.5 Å². The van der Waals surface area contributed by atoms with Crippen LogP contribution in [0.25, 0.3) is 0 Å². The molecule has 0 aliphatic rings. The molecule has 2 heteroatoms. The van der Waals surface area contributed by atoms with Gasteiger partial charge in [0.05, 0.1) is 0 Å². The lowest BCUT2D eigenvalue weighted by atomic mass is 10.0. The number of rotatable bonds is 4. The summed E-state index contributed by atoms with van der Waals surface area (Å²) < 4.78 is 0. The summed E-state index contributed by atoms with van der Waals surface area (Å²) in [6.45, 7) is 4.04.